The SMILES string of the molecule is COc1ccc(C[C@H]2NC(=O)/C=C/C[C@@H]([C@H](C)[C@@H]3O[C@H]3c3ccccc3)OC(=O)[C@H](CC(C)C)OCC(C)(C)CNC2=O)cc1Cl. The van der Waals surface area contributed by atoms with Crippen molar-refractivity contribution in [2.45, 2.75) is 84.3 Å². The highest BCUT2D eigenvalue weighted by Gasteiger charge is 2.47. The fraction of sp³-hybridized carbons (Fsp3) is 0.528. The summed E-state index contributed by atoms with van der Waals surface area (Å²) in [6, 6.07) is 14.4. The Labute approximate surface area is 277 Å². The number of carbonyl (C=O) groups excluding carboxylic acids is 3. The molecule has 1 fully saturated rings. The van der Waals surface area contributed by atoms with E-state index in [-0.39, 0.29) is 55.9 Å². The molecule has 250 valence electrons. The monoisotopic (exact) mass is 654 g/mol. The second kappa shape index (κ2) is 15.9. The summed E-state index contributed by atoms with van der Waals surface area (Å²) in [5.41, 5.74) is 1.32. The van der Waals surface area contributed by atoms with E-state index >= 15 is 0 Å². The van der Waals surface area contributed by atoms with E-state index in [9.17, 15) is 14.4 Å². The molecule has 2 aliphatic rings. The number of esters is 1. The Morgan fingerprint density at radius 3 is 2.48 bits per heavy atom. The summed E-state index contributed by atoms with van der Waals surface area (Å²) in [7, 11) is 1.53. The minimum absolute atomic E-state index is 0.0863. The molecule has 2 aromatic rings. The van der Waals surface area contributed by atoms with Gasteiger partial charge in [-0.05, 0) is 41.7 Å². The van der Waals surface area contributed by atoms with Gasteiger partial charge in [0.2, 0.25) is 11.8 Å². The fourth-order valence-electron chi connectivity index (χ4n) is 5.54. The summed E-state index contributed by atoms with van der Waals surface area (Å²) < 4.78 is 23.7. The summed E-state index contributed by atoms with van der Waals surface area (Å²) in [6.07, 6.45) is 2.49. The summed E-state index contributed by atoms with van der Waals surface area (Å²) >= 11 is 6.34. The normalized spacial score (nSPS) is 27.2. The Morgan fingerprint density at radius 2 is 1.80 bits per heavy atom. The van der Waals surface area contributed by atoms with Crippen molar-refractivity contribution < 1.29 is 33.3 Å². The zero-order chi connectivity index (χ0) is 33.4. The minimum atomic E-state index is -0.862. The summed E-state index contributed by atoms with van der Waals surface area (Å²) in [6.45, 7) is 10.4. The van der Waals surface area contributed by atoms with Gasteiger partial charge in [-0.3, -0.25) is 9.59 Å². The lowest BCUT2D eigenvalue weighted by atomic mass is 9.93. The molecule has 0 aromatic heterocycles. The van der Waals surface area contributed by atoms with Gasteiger partial charge >= 0.3 is 5.97 Å². The Morgan fingerprint density at radius 1 is 1.07 bits per heavy atom. The number of carbonyl (C=O) groups is 3. The summed E-state index contributed by atoms with van der Waals surface area (Å²) in [5, 5.41) is 6.22. The number of benzene rings is 2. The van der Waals surface area contributed by atoms with Crippen LogP contribution in [0.15, 0.2) is 60.7 Å². The largest absolute Gasteiger partial charge is 0.495 e. The molecule has 2 aromatic carbocycles. The van der Waals surface area contributed by atoms with Gasteiger partial charge in [-0.1, -0.05) is 88.7 Å². The van der Waals surface area contributed by atoms with E-state index in [4.69, 9.17) is 30.5 Å². The van der Waals surface area contributed by atoms with Gasteiger partial charge in [0.25, 0.3) is 0 Å². The quantitative estimate of drug-likeness (QED) is 0.281. The number of epoxide rings is 1. The molecule has 9 nitrogen and oxygen atoms in total. The lowest BCUT2D eigenvalue weighted by molar-refractivity contribution is -0.168. The Kier molecular flexibility index (Phi) is 12.3. The highest BCUT2D eigenvalue weighted by molar-refractivity contribution is 6.32. The first kappa shape index (κ1) is 35.5. The highest BCUT2D eigenvalue weighted by atomic mass is 35.5. The van der Waals surface area contributed by atoms with E-state index in [1.54, 1.807) is 18.2 Å². The first-order valence-corrected chi connectivity index (χ1v) is 16.3. The number of hydrogen-bond donors (Lipinski definition) is 2. The second-order valence-electron chi connectivity index (χ2n) is 13.4. The van der Waals surface area contributed by atoms with Gasteiger partial charge in [-0.25, -0.2) is 4.79 Å². The fourth-order valence-corrected chi connectivity index (χ4v) is 5.82. The first-order chi connectivity index (χ1) is 21.9. The highest BCUT2D eigenvalue weighted by Crippen LogP contribution is 2.45. The predicted molar refractivity (Wildman–Crippen MR) is 176 cm³/mol. The van der Waals surface area contributed by atoms with Gasteiger partial charge in [-0.2, -0.15) is 0 Å². The summed E-state index contributed by atoms with van der Waals surface area (Å²) in [4.78, 5) is 40.2. The van der Waals surface area contributed by atoms with E-state index in [2.05, 4.69) is 10.6 Å². The third kappa shape index (κ3) is 10.0. The van der Waals surface area contributed by atoms with Crippen molar-refractivity contribution >= 4 is 29.4 Å². The third-order valence-electron chi connectivity index (χ3n) is 8.32. The van der Waals surface area contributed by atoms with Crippen LogP contribution in [0.4, 0.5) is 0 Å². The van der Waals surface area contributed by atoms with Crippen molar-refractivity contribution in [3.63, 3.8) is 0 Å². The Hall–Kier alpha value is -3.40. The van der Waals surface area contributed by atoms with Crippen LogP contribution < -0.4 is 15.4 Å². The topological polar surface area (TPSA) is 115 Å². The van der Waals surface area contributed by atoms with Crippen LogP contribution in [0.25, 0.3) is 0 Å². The van der Waals surface area contributed by atoms with Crippen molar-refractivity contribution in [2.75, 3.05) is 20.3 Å². The molecule has 4 rings (SSSR count). The number of hydrogen-bond acceptors (Lipinski definition) is 7. The maximum absolute atomic E-state index is 13.6. The van der Waals surface area contributed by atoms with Crippen molar-refractivity contribution in [1.82, 2.24) is 10.6 Å². The lowest BCUT2D eigenvalue weighted by Gasteiger charge is -2.30. The molecule has 1 saturated heterocycles. The Balaban J connectivity index is 1.57. The molecule has 0 bridgehead atoms. The molecular formula is C36H47ClN2O7. The standard InChI is InChI=1S/C36H47ClN2O7/c1-22(2)17-30-35(42)45-28(23(3)32-33(46-32)25-11-8-7-9-12-25)13-10-14-31(40)39-27(34(41)38-20-36(4,5)21-44-30)19-24-15-16-29(43-6)26(37)18-24/h7-12,14-16,18,22-23,27-28,30,32-33H,13,17,19-21H2,1-6H3,(H,38,41)(H,39,40)/b14-10+/t23-,27+,28-,30-,32-,33-/m0/s1. The molecule has 0 saturated carbocycles. The molecule has 2 amide bonds. The maximum Gasteiger partial charge on any atom is 0.335 e. The number of rotatable bonds is 8. The second-order valence-corrected chi connectivity index (χ2v) is 13.9. The Bertz CT molecular complexity index is 1380. The van der Waals surface area contributed by atoms with Gasteiger partial charge in [0.05, 0.1) is 24.8 Å². The molecule has 2 heterocycles. The number of halogens is 1. The van der Waals surface area contributed by atoms with E-state index in [1.165, 1.54) is 13.2 Å². The van der Waals surface area contributed by atoms with Crippen LogP contribution in [0.1, 0.15) is 64.7 Å². The van der Waals surface area contributed by atoms with E-state index in [1.807, 2.05) is 71.0 Å². The minimum Gasteiger partial charge on any atom is -0.495 e. The van der Waals surface area contributed by atoms with E-state index < -0.39 is 35.5 Å². The lowest BCUT2D eigenvalue weighted by Crippen LogP contribution is -2.50. The van der Waals surface area contributed by atoms with Crippen LogP contribution >= 0.6 is 11.6 Å². The van der Waals surface area contributed by atoms with Crippen molar-refractivity contribution in [3.8, 4) is 5.75 Å². The van der Waals surface area contributed by atoms with E-state index in [0.29, 0.717) is 17.2 Å². The van der Waals surface area contributed by atoms with Crippen molar-refractivity contribution in [3.05, 3.63) is 76.8 Å². The van der Waals surface area contributed by atoms with Gasteiger partial charge in [-0.15, -0.1) is 0 Å². The number of methoxy groups -OCH3 is 1. The zero-order valence-corrected chi connectivity index (χ0v) is 28.3. The number of cyclic esters (lactones) is 1. The van der Waals surface area contributed by atoms with Gasteiger partial charge in [0.15, 0.2) is 6.10 Å². The predicted octanol–water partition coefficient (Wildman–Crippen LogP) is 5.60. The molecule has 0 aliphatic carbocycles. The molecule has 0 unspecified atom stereocenters. The molecule has 2 N–H and O–H groups in total. The van der Waals surface area contributed by atoms with Crippen molar-refractivity contribution in [2.24, 2.45) is 17.3 Å². The van der Waals surface area contributed by atoms with Crippen LogP contribution in [-0.4, -0.2) is 62.4 Å². The van der Waals surface area contributed by atoms with E-state index in [0.717, 1.165) is 11.1 Å². The van der Waals surface area contributed by atoms with Crippen LogP contribution in [0.2, 0.25) is 5.02 Å². The average molecular weight is 655 g/mol. The molecule has 46 heavy (non-hydrogen) atoms. The maximum atomic E-state index is 13.6. The third-order valence-corrected chi connectivity index (χ3v) is 8.61. The van der Waals surface area contributed by atoms with Crippen LogP contribution in [-0.2, 0) is 35.0 Å². The number of ether oxygens (including phenoxy) is 4. The van der Waals surface area contributed by atoms with Gasteiger partial charge in [0.1, 0.15) is 24.0 Å². The average Bonchev–Trinajstić information content (AvgIpc) is 3.82. The molecule has 10 heteroatoms. The first-order valence-electron chi connectivity index (χ1n) is 16.0. The molecule has 2 aliphatic heterocycles. The smallest absolute Gasteiger partial charge is 0.335 e. The molecule has 6 atom stereocenters. The van der Waals surface area contributed by atoms with Gasteiger partial charge in [0, 0.05) is 30.7 Å². The van der Waals surface area contributed by atoms with Crippen molar-refractivity contribution in [1.29, 1.82) is 0 Å². The van der Waals surface area contributed by atoms with Crippen LogP contribution in [0.3, 0.4) is 0 Å². The molecule has 0 radical (unpaired) electrons. The zero-order valence-electron chi connectivity index (χ0n) is 27.6. The number of amides is 2. The van der Waals surface area contributed by atoms with Crippen LogP contribution in [0, 0.1) is 17.3 Å². The summed E-state index contributed by atoms with van der Waals surface area (Å²) in [5.74, 6) is -0.660. The van der Waals surface area contributed by atoms with Gasteiger partial charge < -0.3 is 29.6 Å². The number of nitrogens with one attached hydrogen (secondary N) is 2. The molecular weight excluding hydrogens is 608 g/mol. The molecule has 0 spiro atoms. The van der Waals surface area contributed by atoms with Crippen LogP contribution in [0.5, 0.6) is 5.75 Å².